The van der Waals surface area contributed by atoms with Crippen LogP contribution in [-0.4, -0.2) is 9.79 Å². The molecule has 4 nitrogen and oxygen atoms in total. The van der Waals surface area contributed by atoms with Gasteiger partial charge in [-0.1, -0.05) is 109 Å². The summed E-state index contributed by atoms with van der Waals surface area (Å²) in [5.41, 5.74) is 2.99. The van der Waals surface area contributed by atoms with Crippen LogP contribution in [0.3, 0.4) is 0 Å². The average molecular weight is 476 g/mol. The summed E-state index contributed by atoms with van der Waals surface area (Å²) in [7, 11) is -4.88. The van der Waals surface area contributed by atoms with E-state index in [2.05, 4.69) is 0 Å². The van der Waals surface area contributed by atoms with Crippen molar-refractivity contribution < 1.29 is 18.9 Å². The molecule has 6 rings (SSSR count). The quantitative estimate of drug-likeness (QED) is 0.253. The molecule has 0 atom stereocenters. The van der Waals surface area contributed by atoms with Gasteiger partial charge in [0.25, 0.3) is 0 Å². The lowest BCUT2D eigenvalue weighted by Gasteiger charge is -2.21. The Morgan fingerprint density at radius 3 is 1.63 bits per heavy atom. The fraction of sp³-hybridized carbons (Fsp3) is 0. The Morgan fingerprint density at radius 1 is 0.514 bits per heavy atom. The minimum absolute atomic E-state index is 0.171. The molecule has 0 aliphatic rings. The zero-order chi connectivity index (χ0) is 24.0. The summed E-state index contributed by atoms with van der Waals surface area (Å²) in [6.45, 7) is 0. The first-order valence-corrected chi connectivity index (χ1v) is 12.8. The molecule has 0 fully saturated rings. The Hall–Kier alpha value is -3.95. The topological polar surface area (TPSA) is 66.8 Å². The molecule has 0 amide bonds. The molecule has 0 aliphatic carbocycles. The van der Waals surface area contributed by atoms with Gasteiger partial charge in [0.05, 0.1) is 0 Å². The standard InChI is InChI=1S/C30H21O4P/c31-35(32,33)34-30-28(26-17-7-12-20-9-1-4-14-23(20)26)19-22-11-3-6-16-25(22)29(30)27-18-8-13-21-10-2-5-15-24(21)27/h1-19H,(H2,31,32,33). The normalized spacial score (nSPS) is 11.8. The third kappa shape index (κ3) is 3.88. The van der Waals surface area contributed by atoms with Crippen LogP contribution in [0.4, 0.5) is 0 Å². The Labute approximate surface area is 202 Å². The van der Waals surface area contributed by atoms with Gasteiger partial charge >= 0.3 is 7.82 Å². The molecule has 6 aromatic carbocycles. The first kappa shape index (κ1) is 21.6. The molecule has 0 spiro atoms. The Morgan fingerprint density at radius 2 is 1.00 bits per heavy atom. The summed E-state index contributed by atoms with van der Waals surface area (Å²) in [5.74, 6) is 0.171. The molecule has 0 heterocycles. The van der Waals surface area contributed by atoms with Gasteiger partial charge in [0.2, 0.25) is 0 Å². The van der Waals surface area contributed by atoms with E-state index >= 15 is 0 Å². The molecule has 0 bridgehead atoms. The van der Waals surface area contributed by atoms with Crippen molar-refractivity contribution in [1.29, 1.82) is 0 Å². The van der Waals surface area contributed by atoms with Crippen LogP contribution in [0.5, 0.6) is 5.75 Å². The van der Waals surface area contributed by atoms with Crippen molar-refractivity contribution in [3.8, 4) is 28.0 Å². The van der Waals surface area contributed by atoms with Crippen molar-refractivity contribution in [3.05, 3.63) is 115 Å². The number of fused-ring (bicyclic) bond motifs is 3. The lowest BCUT2D eigenvalue weighted by molar-refractivity contribution is 0.284. The molecular weight excluding hydrogens is 455 g/mol. The maximum Gasteiger partial charge on any atom is 0.524 e. The van der Waals surface area contributed by atoms with Gasteiger partial charge in [-0.2, -0.15) is 0 Å². The molecule has 170 valence electrons. The SMILES string of the molecule is O=P(O)(O)Oc1c(-c2cccc3ccccc23)cc2ccccc2c1-c1cccc2ccccc12. The largest absolute Gasteiger partial charge is 0.524 e. The maximum absolute atomic E-state index is 12.3. The molecule has 0 aromatic heterocycles. The summed E-state index contributed by atoms with van der Waals surface area (Å²) >= 11 is 0. The molecule has 5 heteroatoms. The third-order valence-electron chi connectivity index (χ3n) is 6.35. The van der Waals surface area contributed by atoms with Gasteiger partial charge < -0.3 is 4.52 Å². The first-order valence-electron chi connectivity index (χ1n) is 11.3. The summed E-state index contributed by atoms with van der Waals surface area (Å²) in [5, 5.41) is 5.84. The Balaban J connectivity index is 1.81. The number of benzene rings is 6. The van der Waals surface area contributed by atoms with Crippen LogP contribution in [0, 0.1) is 0 Å². The molecule has 35 heavy (non-hydrogen) atoms. The van der Waals surface area contributed by atoms with Crippen molar-refractivity contribution >= 4 is 40.1 Å². The van der Waals surface area contributed by atoms with Gasteiger partial charge in [-0.05, 0) is 49.5 Å². The predicted molar refractivity (Wildman–Crippen MR) is 143 cm³/mol. The summed E-state index contributed by atoms with van der Waals surface area (Å²) in [4.78, 5) is 20.0. The molecule has 6 aromatic rings. The van der Waals surface area contributed by atoms with E-state index in [1.165, 1.54) is 0 Å². The van der Waals surface area contributed by atoms with E-state index in [0.29, 0.717) is 11.1 Å². The molecule has 0 saturated carbocycles. The van der Waals surface area contributed by atoms with E-state index in [9.17, 15) is 14.4 Å². The summed E-state index contributed by atoms with van der Waals surface area (Å²) in [6.07, 6.45) is 0. The Bertz CT molecular complexity index is 1770. The van der Waals surface area contributed by atoms with Gasteiger partial charge in [0.1, 0.15) is 5.75 Å². The van der Waals surface area contributed by atoms with E-state index in [1.54, 1.807) is 0 Å². The molecule has 0 saturated heterocycles. The van der Waals surface area contributed by atoms with Crippen LogP contribution in [0.25, 0.3) is 54.6 Å². The maximum atomic E-state index is 12.3. The van der Waals surface area contributed by atoms with Gasteiger partial charge in [-0.25, -0.2) is 4.57 Å². The first-order chi connectivity index (χ1) is 17.0. The highest BCUT2D eigenvalue weighted by Gasteiger charge is 2.26. The summed E-state index contributed by atoms with van der Waals surface area (Å²) in [6, 6.07) is 37.7. The molecule has 0 radical (unpaired) electrons. The van der Waals surface area contributed by atoms with Crippen molar-refractivity contribution in [3.63, 3.8) is 0 Å². The van der Waals surface area contributed by atoms with E-state index in [4.69, 9.17) is 4.52 Å². The lowest BCUT2D eigenvalue weighted by atomic mass is 9.88. The number of phosphoric acid groups is 1. The van der Waals surface area contributed by atoms with Gasteiger partial charge in [0.15, 0.2) is 0 Å². The summed E-state index contributed by atoms with van der Waals surface area (Å²) < 4.78 is 17.8. The minimum Gasteiger partial charge on any atom is -0.403 e. The molecule has 2 N–H and O–H groups in total. The van der Waals surface area contributed by atoms with Crippen molar-refractivity contribution in [1.82, 2.24) is 0 Å². The van der Waals surface area contributed by atoms with Crippen molar-refractivity contribution in [2.24, 2.45) is 0 Å². The highest BCUT2D eigenvalue weighted by molar-refractivity contribution is 7.46. The van der Waals surface area contributed by atoms with Gasteiger partial charge in [-0.15, -0.1) is 0 Å². The second-order valence-electron chi connectivity index (χ2n) is 8.48. The van der Waals surface area contributed by atoms with E-state index in [-0.39, 0.29) is 5.75 Å². The van der Waals surface area contributed by atoms with Gasteiger partial charge in [0, 0.05) is 11.1 Å². The highest BCUT2D eigenvalue weighted by atomic mass is 31.2. The lowest BCUT2D eigenvalue weighted by Crippen LogP contribution is -1.98. The third-order valence-corrected chi connectivity index (χ3v) is 6.77. The van der Waals surface area contributed by atoms with Crippen LogP contribution in [0.2, 0.25) is 0 Å². The van der Waals surface area contributed by atoms with E-state index in [1.807, 2.05) is 115 Å². The van der Waals surface area contributed by atoms with Crippen LogP contribution in [0.15, 0.2) is 115 Å². The number of hydrogen-bond donors (Lipinski definition) is 2. The number of hydrogen-bond acceptors (Lipinski definition) is 2. The molecular formula is C30H21O4P. The smallest absolute Gasteiger partial charge is 0.403 e. The predicted octanol–water partition coefficient (Wildman–Crippen LogP) is 7.95. The van der Waals surface area contributed by atoms with E-state index < -0.39 is 7.82 Å². The van der Waals surface area contributed by atoms with Crippen LogP contribution >= 0.6 is 7.82 Å². The van der Waals surface area contributed by atoms with Crippen LogP contribution in [-0.2, 0) is 4.57 Å². The average Bonchev–Trinajstić information content (AvgIpc) is 2.87. The van der Waals surface area contributed by atoms with E-state index in [0.717, 1.165) is 43.4 Å². The van der Waals surface area contributed by atoms with Crippen LogP contribution in [0.1, 0.15) is 0 Å². The zero-order valence-electron chi connectivity index (χ0n) is 18.6. The fourth-order valence-corrected chi connectivity index (χ4v) is 5.34. The Kier molecular flexibility index (Phi) is 5.16. The van der Waals surface area contributed by atoms with Gasteiger partial charge in [-0.3, -0.25) is 9.79 Å². The van der Waals surface area contributed by atoms with Crippen molar-refractivity contribution in [2.45, 2.75) is 0 Å². The fourth-order valence-electron chi connectivity index (χ4n) is 4.91. The van der Waals surface area contributed by atoms with Crippen molar-refractivity contribution in [2.75, 3.05) is 0 Å². The second-order valence-corrected chi connectivity index (χ2v) is 9.65. The highest BCUT2D eigenvalue weighted by Crippen LogP contribution is 2.52. The zero-order valence-corrected chi connectivity index (χ0v) is 19.5. The monoisotopic (exact) mass is 476 g/mol. The number of rotatable bonds is 4. The molecule has 0 unspecified atom stereocenters. The van der Waals surface area contributed by atoms with Crippen LogP contribution < -0.4 is 4.52 Å². The second kappa shape index (κ2) is 8.37. The number of phosphoric ester groups is 1. The minimum atomic E-state index is -4.88. The molecule has 0 aliphatic heterocycles.